The molecule has 0 spiro atoms. The third-order valence-electron chi connectivity index (χ3n) is 2.47. The number of aromatic nitrogens is 2. The predicted molar refractivity (Wildman–Crippen MR) is 74.4 cm³/mol. The van der Waals surface area contributed by atoms with Crippen molar-refractivity contribution in [3.63, 3.8) is 0 Å². The summed E-state index contributed by atoms with van der Waals surface area (Å²) >= 11 is 9.19. The third kappa shape index (κ3) is 2.47. The third-order valence-corrected chi connectivity index (χ3v) is 3.22. The highest BCUT2D eigenvalue weighted by molar-refractivity contribution is 9.10. The van der Waals surface area contributed by atoms with E-state index >= 15 is 0 Å². The highest BCUT2D eigenvalue weighted by Gasteiger charge is 2.15. The Bertz CT molecular complexity index is 557. The summed E-state index contributed by atoms with van der Waals surface area (Å²) in [7, 11) is 3.20. The molecule has 1 heterocycles. The van der Waals surface area contributed by atoms with E-state index in [9.17, 15) is 0 Å². The lowest BCUT2D eigenvalue weighted by atomic mass is 10.1. The van der Waals surface area contributed by atoms with Gasteiger partial charge in [0.15, 0.2) is 11.5 Å². The van der Waals surface area contributed by atoms with Gasteiger partial charge in [-0.3, -0.25) is 0 Å². The van der Waals surface area contributed by atoms with Gasteiger partial charge in [0.2, 0.25) is 0 Å². The molecule has 1 N–H and O–H groups in total. The predicted octanol–water partition coefficient (Wildman–Crippen LogP) is 3.60. The van der Waals surface area contributed by atoms with Crippen LogP contribution >= 0.6 is 27.5 Å². The number of rotatable bonds is 4. The Labute approximate surface area is 118 Å². The lowest BCUT2D eigenvalue weighted by Gasteiger charge is -2.12. The summed E-state index contributed by atoms with van der Waals surface area (Å²) in [6.45, 7) is 0. The van der Waals surface area contributed by atoms with Gasteiger partial charge in [0.05, 0.1) is 25.7 Å². The number of benzene rings is 1. The molecule has 0 aliphatic rings. The molecular formula is C12H12BrClN2O2. The van der Waals surface area contributed by atoms with E-state index in [1.807, 2.05) is 12.1 Å². The fourth-order valence-electron chi connectivity index (χ4n) is 1.67. The number of nitrogens with one attached hydrogen (secondary N) is 1. The van der Waals surface area contributed by atoms with Crippen molar-refractivity contribution in [3.8, 4) is 22.9 Å². The normalized spacial score (nSPS) is 10.4. The van der Waals surface area contributed by atoms with E-state index in [4.69, 9.17) is 21.1 Å². The molecule has 4 nitrogen and oxygen atoms in total. The highest BCUT2D eigenvalue weighted by atomic mass is 79.9. The molecule has 0 radical (unpaired) electrons. The maximum atomic E-state index is 5.75. The number of halogens is 2. The number of ether oxygens (including phenoxy) is 2. The van der Waals surface area contributed by atoms with Crippen molar-refractivity contribution in [3.05, 3.63) is 28.5 Å². The zero-order chi connectivity index (χ0) is 13.1. The molecule has 0 amide bonds. The van der Waals surface area contributed by atoms with Crippen LogP contribution in [0.25, 0.3) is 11.4 Å². The maximum absolute atomic E-state index is 5.75. The van der Waals surface area contributed by atoms with Crippen LogP contribution in [0.3, 0.4) is 0 Å². The van der Waals surface area contributed by atoms with Crippen molar-refractivity contribution in [2.45, 2.75) is 5.88 Å². The Morgan fingerprint density at radius 1 is 1.33 bits per heavy atom. The molecule has 0 unspecified atom stereocenters. The van der Waals surface area contributed by atoms with Crippen LogP contribution in [0.5, 0.6) is 11.5 Å². The number of hydrogen-bond donors (Lipinski definition) is 1. The number of hydrogen-bond acceptors (Lipinski definition) is 3. The van der Waals surface area contributed by atoms with E-state index < -0.39 is 0 Å². The standard InChI is InChI=1S/C12H12BrClN2O2/c1-17-10-4-7(13)3-9(11(10)18-2)12-15-6-8(5-14)16-12/h3-4,6H,5H2,1-2H3,(H,15,16). The summed E-state index contributed by atoms with van der Waals surface area (Å²) in [5, 5.41) is 0. The van der Waals surface area contributed by atoms with Crippen molar-refractivity contribution in [2.75, 3.05) is 14.2 Å². The Morgan fingerprint density at radius 2 is 2.11 bits per heavy atom. The Kier molecular flexibility index (Phi) is 4.14. The quantitative estimate of drug-likeness (QED) is 0.871. The topological polar surface area (TPSA) is 47.1 Å². The molecule has 6 heteroatoms. The Hall–Kier alpha value is -1.20. The van der Waals surface area contributed by atoms with Crippen molar-refractivity contribution in [1.82, 2.24) is 9.97 Å². The van der Waals surface area contributed by atoms with Crippen molar-refractivity contribution in [1.29, 1.82) is 0 Å². The van der Waals surface area contributed by atoms with Gasteiger partial charge < -0.3 is 14.5 Å². The van der Waals surface area contributed by atoms with Gasteiger partial charge in [-0.05, 0) is 12.1 Å². The van der Waals surface area contributed by atoms with Gasteiger partial charge in [-0.25, -0.2) is 4.98 Å². The summed E-state index contributed by atoms with van der Waals surface area (Å²) in [5.41, 5.74) is 1.67. The van der Waals surface area contributed by atoms with Crippen LogP contribution < -0.4 is 9.47 Å². The van der Waals surface area contributed by atoms with Gasteiger partial charge in [0.1, 0.15) is 5.82 Å². The summed E-state index contributed by atoms with van der Waals surface area (Å²) in [4.78, 5) is 7.42. The first-order chi connectivity index (χ1) is 8.69. The van der Waals surface area contributed by atoms with Crippen molar-refractivity contribution < 1.29 is 9.47 Å². The average molecular weight is 332 g/mol. The molecule has 0 fully saturated rings. The molecule has 0 aliphatic carbocycles. The SMILES string of the molecule is COc1cc(Br)cc(-c2ncc(CCl)[nH]2)c1OC. The van der Waals surface area contributed by atoms with Crippen LogP contribution in [0.15, 0.2) is 22.8 Å². The monoisotopic (exact) mass is 330 g/mol. The first kappa shape index (κ1) is 13.2. The second-order valence-corrected chi connectivity index (χ2v) is 4.76. The number of methoxy groups -OCH3 is 2. The lowest BCUT2D eigenvalue weighted by molar-refractivity contribution is 0.355. The molecule has 0 saturated carbocycles. The molecule has 0 aliphatic heterocycles. The molecule has 2 rings (SSSR count). The van der Waals surface area contributed by atoms with E-state index in [0.29, 0.717) is 23.2 Å². The lowest BCUT2D eigenvalue weighted by Crippen LogP contribution is -1.94. The summed E-state index contributed by atoms with van der Waals surface area (Å²) in [6, 6.07) is 3.76. The Balaban J connectivity index is 2.58. The van der Waals surface area contributed by atoms with E-state index in [2.05, 4.69) is 25.9 Å². The van der Waals surface area contributed by atoms with Crippen molar-refractivity contribution in [2.24, 2.45) is 0 Å². The molecule has 1 aromatic carbocycles. The number of alkyl halides is 1. The van der Waals surface area contributed by atoms with Crippen LogP contribution in [-0.2, 0) is 5.88 Å². The van der Waals surface area contributed by atoms with Crippen molar-refractivity contribution >= 4 is 27.5 Å². The summed E-state index contributed by atoms with van der Waals surface area (Å²) < 4.78 is 11.6. The smallest absolute Gasteiger partial charge is 0.171 e. The second-order valence-electron chi connectivity index (χ2n) is 3.58. The van der Waals surface area contributed by atoms with Crippen LogP contribution in [0.2, 0.25) is 0 Å². The van der Waals surface area contributed by atoms with E-state index in [1.165, 1.54) is 0 Å². The minimum Gasteiger partial charge on any atom is -0.493 e. The minimum atomic E-state index is 0.389. The number of aromatic amines is 1. The van der Waals surface area contributed by atoms with Crippen LogP contribution in [0, 0.1) is 0 Å². The van der Waals surface area contributed by atoms with Crippen LogP contribution in [0.4, 0.5) is 0 Å². The molecule has 18 heavy (non-hydrogen) atoms. The zero-order valence-corrected chi connectivity index (χ0v) is 12.3. The molecule has 0 bridgehead atoms. The van der Waals surface area contributed by atoms with E-state index in [1.54, 1.807) is 20.4 Å². The maximum Gasteiger partial charge on any atom is 0.171 e. The van der Waals surface area contributed by atoms with Gasteiger partial charge in [0, 0.05) is 16.4 Å². The van der Waals surface area contributed by atoms with Gasteiger partial charge in [-0.2, -0.15) is 0 Å². The molecule has 96 valence electrons. The van der Waals surface area contributed by atoms with E-state index in [-0.39, 0.29) is 0 Å². The molecule has 0 saturated heterocycles. The zero-order valence-electron chi connectivity index (χ0n) is 9.96. The average Bonchev–Trinajstić information content (AvgIpc) is 2.86. The molecule has 0 atom stereocenters. The first-order valence-electron chi connectivity index (χ1n) is 5.21. The highest BCUT2D eigenvalue weighted by Crippen LogP contribution is 2.39. The molecular weight excluding hydrogens is 320 g/mol. The molecule has 1 aromatic heterocycles. The number of H-pyrrole nitrogens is 1. The fraction of sp³-hybridized carbons (Fsp3) is 0.250. The van der Waals surface area contributed by atoms with Gasteiger partial charge in [0.25, 0.3) is 0 Å². The first-order valence-corrected chi connectivity index (χ1v) is 6.54. The number of nitrogens with zero attached hydrogens (tertiary/aromatic N) is 1. The van der Waals surface area contributed by atoms with Gasteiger partial charge in [-0.15, -0.1) is 11.6 Å². The number of imidazole rings is 1. The van der Waals surface area contributed by atoms with Crippen LogP contribution in [-0.4, -0.2) is 24.2 Å². The Morgan fingerprint density at radius 3 is 2.67 bits per heavy atom. The minimum absolute atomic E-state index is 0.389. The van der Waals surface area contributed by atoms with E-state index in [0.717, 1.165) is 15.7 Å². The second kappa shape index (κ2) is 5.63. The fourth-order valence-corrected chi connectivity index (χ4v) is 2.24. The van der Waals surface area contributed by atoms with Gasteiger partial charge in [-0.1, -0.05) is 15.9 Å². The van der Waals surface area contributed by atoms with Crippen LogP contribution in [0.1, 0.15) is 5.69 Å². The summed E-state index contributed by atoms with van der Waals surface area (Å²) in [6.07, 6.45) is 1.70. The largest absolute Gasteiger partial charge is 0.493 e. The summed E-state index contributed by atoms with van der Waals surface area (Å²) in [5.74, 6) is 2.37. The molecule has 2 aromatic rings. The van der Waals surface area contributed by atoms with Gasteiger partial charge >= 0.3 is 0 Å².